The van der Waals surface area contributed by atoms with Crippen LogP contribution < -0.4 is 5.32 Å². The maximum absolute atomic E-state index is 12.7. The summed E-state index contributed by atoms with van der Waals surface area (Å²) in [6.45, 7) is 8.24. The first kappa shape index (κ1) is 20.7. The Labute approximate surface area is 167 Å². The summed E-state index contributed by atoms with van der Waals surface area (Å²) in [5.41, 5.74) is 0.218. The average molecular weight is 414 g/mol. The number of aromatic nitrogens is 1. The fraction of sp³-hybridized carbons (Fsp3) is 0.389. The number of likely N-dealkylation sites (N-methyl/N-ethyl adjacent to an activating group) is 1. The predicted molar refractivity (Wildman–Crippen MR) is 107 cm³/mol. The van der Waals surface area contributed by atoms with Gasteiger partial charge in [-0.1, -0.05) is 50.0 Å². The molecule has 0 aliphatic carbocycles. The number of benzene rings is 1. The van der Waals surface area contributed by atoms with Gasteiger partial charge in [-0.05, 0) is 19.1 Å². The quantitative estimate of drug-likeness (QED) is 0.761. The maximum Gasteiger partial charge on any atom is 0.266 e. The van der Waals surface area contributed by atoms with Gasteiger partial charge < -0.3 is 10.2 Å². The summed E-state index contributed by atoms with van der Waals surface area (Å²) in [4.78, 5) is 31.4. The molecule has 0 unspecified atom stereocenters. The molecule has 0 atom stereocenters. The number of carbonyl (C=O) groups is 2. The Balaban J connectivity index is 2.09. The van der Waals surface area contributed by atoms with E-state index in [-0.39, 0.29) is 23.8 Å². The average Bonchev–Trinajstić information content (AvgIpc) is 3.06. The summed E-state index contributed by atoms with van der Waals surface area (Å²) >= 11 is 13.5. The van der Waals surface area contributed by atoms with Crippen molar-refractivity contribution in [3.63, 3.8) is 0 Å². The topological polar surface area (TPSA) is 62.3 Å². The molecule has 8 heteroatoms. The van der Waals surface area contributed by atoms with E-state index in [2.05, 4.69) is 10.3 Å². The van der Waals surface area contributed by atoms with Crippen molar-refractivity contribution in [2.24, 2.45) is 0 Å². The summed E-state index contributed by atoms with van der Waals surface area (Å²) in [6, 6.07) is 4.97. The lowest BCUT2D eigenvalue weighted by atomic mass is 9.98. The molecule has 0 fully saturated rings. The van der Waals surface area contributed by atoms with E-state index in [0.717, 1.165) is 5.01 Å². The largest absolute Gasteiger partial charge is 0.329 e. The van der Waals surface area contributed by atoms with Gasteiger partial charge in [0, 0.05) is 12.0 Å². The van der Waals surface area contributed by atoms with E-state index in [1.807, 2.05) is 27.7 Å². The lowest BCUT2D eigenvalue weighted by Crippen LogP contribution is -2.37. The molecule has 0 saturated carbocycles. The highest BCUT2D eigenvalue weighted by atomic mass is 35.5. The van der Waals surface area contributed by atoms with E-state index in [1.165, 1.54) is 16.2 Å². The van der Waals surface area contributed by atoms with Crippen LogP contribution in [0.5, 0.6) is 0 Å². The molecule has 2 rings (SSSR count). The molecule has 0 bridgehead atoms. The van der Waals surface area contributed by atoms with Gasteiger partial charge in [-0.25, -0.2) is 4.98 Å². The Morgan fingerprint density at radius 1 is 1.23 bits per heavy atom. The molecular weight excluding hydrogens is 393 g/mol. The fourth-order valence-electron chi connectivity index (χ4n) is 2.17. The van der Waals surface area contributed by atoms with Gasteiger partial charge in [0.2, 0.25) is 5.91 Å². The Morgan fingerprint density at radius 3 is 2.35 bits per heavy atom. The van der Waals surface area contributed by atoms with Gasteiger partial charge in [0.25, 0.3) is 5.91 Å². The standard InChI is InChI=1S/C18H21Cl2N3O2S/c1-5-23(16(25)13-9-21-17(26-13)18(2,3)4)10-14(24)22-15-11(19)7-6-8-12(15)20/h6-9H,5,10H2,1-4H3,(H,22,24). The minimum absolute atomic E-state index is 0.0976. The van der Waals surface area contributed by atoms with Gasteiger partial charge >= 0.3 is 0 Å². The molecule has 0 aliphatic heterocycles. The number of anilines is 1. The minimum Gasteiger partial charge on any atom is -0.329 e. The number of thiazole rings is 1. The summed E-state index contributed by atoms with van der Waals surface area (Å²) in [7, 11) is 0. The van der Waals surface area contributed by atoms with Crippen molar-refractivity contribution < 1.29 is 9.59 Å². The summed E-state index contributed by atoms with van der Waals surface area (Å²) < 4.78 is 0. The van der Waals surface area contributed by atoms with Crippen LogP contribution >= 0.6 is 34.5 Å². The fourth-order valence-corrected chi connectivity index (χ4v) is 3.61. The second-order valence-electron chi connectivity index (χ2n) is 6.74. The maximum atomic E-state index is 12.7. The Kier molecular flexibility index (Phi) is 6.66. The third-order valence-electron chi connectivity index (χ3n) is 3.59. The molecule has 1 aromatic heterocycles. The molecule has 0 spiro atoms. The van der Waals surface area contributed by atoms with Gasteiger partial charge in [0.05, 0.1) is 26.9 Å². The van der Waals surface area contributed by atoms with E-state index >= 15 is 0 Å². The number of hydrogen-bond acceptors (Lipinski definition) is 4. The van der Waals surface area contributed by atoms with Crippen molar-refractivity contribution in [2.75, 3.05) is 18.4 Å². The molecule has 1 N–H and O–H groups in total. The summed E-state index contributed by atoms with van der Waals surface area (Å²) in [5.74, 6) is -0.586. The Hall–Kier alpha value is -1.63. The zero-order chi connectivity index (χ0) is 19.5. The molecule has 140 valence electrons. The molecule has 5 nitrogen and oxygen atoms in total. The molecule has 26 heavy (non-hydrogen) atoms. The van der Waals surface area contributed by atoms with E-state index in [1.54, 1.807) is 24.4 Å². The van der Waals surface area contributed by atoms with E-state index < -0.39 is 0 Å². The number of para-hydroxylation sites is 1. The van der Waals surface area contributed by atoms with Crippen molar-refractivity contribution in [2.45, 2.75) is 33.1 Å². The van der Waals surface area contributed by atoms with Crippen LogP contribution in [0.15, 0.2) is 24.4 Å². The molecule has 0 saturated heterocycles. The number of hydrogen-bond donors (Lipinski definition) is 1. The second-order valence-corrected chi connectivity index (χ2v) is 8.59. The molecule has 1 heterocycles. The number of halogens is 2. The van der Waals surface area contributed by atoms with Gasteiger partial charge in [-0.3, -0.25) is 9.59 Å². The molecule has 2 aromatic rings. The number of rotatable bonds is 5. The van der Waals surface area contributed by atoms with Crippen LogP contribution in [-0.4, -0.2) is 34.8 Å². The lowest BCUT2D eigenvalue weighted by molar-refractivity contribution is -0.116. The Bertz CT molecular complexity index is 795. The monoisotopic (exact) mass is 413 g/mol. The van der Waals surface area contributed by atoms with E-state index in [4.69, 9.17) is 23.2 Å². The van der Waals surface area contributed by atoms with Gasteiger partial charge in [-0.2, -0.15) is 0 Å². The predicted octanol–water partition coefficient (Wildman–Crippen LogP) is 4.85. The smallest absolute Gasteiger partial charge is 0.266 e. The normalized spacial score (nSPS) is 11.3. The highest BCUT2D eigenvalue weighted by Crippen LogP contribution is 2.30. The van der Waals surface area contributed by atoms with Crippen molar-refractivity contribution in [3.05, 3.63) is 44.3 Å². The molecule has 0 radical (unpaired) electrons. The zero-order valence-corrected chi connectivity index (χ0v) is 17.4. The SMILES string of the molecule is CCN(CC(=O)Nc1c(Cl)cccc1Cl)C(=O)c1cnc(C(C)(C)C)s1. The zero-order valence-electron chi connectivity index (χ0n) is 15.1. The Morgan fingerprint density at radius 2 is 1.85 bits per heavy atom. The van der Waals surface area contributed by atoms with Crippen LogP contribution in [0.2, 0.25) is 10.0 Å². The van der Waals surface area contributed by atoms with Gasteiger partial charge in [0.15, 0.2) is 0 Å². The van der Waals surface area contributed by atoms with Crippen molar-refractivity contribution >= 4 is 52.0 Å². The summed E-state index contributed by atoms with van der Waals surface area (Å²) in [5, 5.41) is 4.24. The van der Waals surface area contributed by atoms with Gasteiger partial charge in [-0.15, -0.1) is 11.3 Å². The first-order chi connectivity index (χ1) is 12.1. The lowest BCUT2D eigenvalue weighted by Gasteiger charge is -2.20. The number of carbonyl (C=O) groups excluding carboxylic acids is 2. The molecular formula is C18H21Cl2N3O2S. The first-order valence-corrected chi connectivity index (χ1v) is 9.70. The third-order valence-corrected chi connectivity index (χ3v) is 5.63. The van der Waals surface area contributed by atoms with Crippen LogP contribution in [-0.2, 0) is 10.2 Å². The molecule has 2 amide bonds. The number of nitrogens with zero attached hydrogens (tertiary/aromatic N) is 2. The number of amides is 2. The van der Waals surface area contributed by atoms with Crippen LogP contribution in [0.3, 0.4) is 0 Å². The third kappa shape index (κ3) is 4.96. The summed E-state index contributed by atoms with van der Waals surface area (Å²) in [6.07, 6.45) is 1.57. The van der Waals surface area contributed by atoms with E-state index in [0.29, 0.717) is 27.2 Å². The van der Waals surface area contributed by atoms with Crippen molar-refractivity contribution in [3.8, 4) is 0 Å². The van der Waals surface area contributed by atoms with Crippen LogP contribution in [0.25, 0.3) is 0 Å². The minimum atomic E-state index is -0.365. The molecule has 0 aliphatic rings. The highest BCUT2D eigenvalue weighted by Gasteiger charge is 2.24. The van der Waals surface area contributed by atoms with Crippen LogP contribution in [0.1, 0.15) is 42.4 Å². The van der Waals surface area contributed by atoms with Crippen LogP contribution in [0, 0.1) is 0 Å². The van der Waals surface area contributed by atoms with E-state index in [9.17, 15) is 9.59 Å². The molecule has 1 aromatic carbocycles. The van der Waals surface area contributed by atoms with Crippen molar-refractivity contribution in [1.29, 1.82) is 0 Å². The van der Waals surface area contributed by atoms with Crippen LogP contribution in [0.4, 0.5) is 5.69 Å². The van der Waals surface area contributed by atoms with Gasteiger partial charge in [0.1, 0.15) is 11.4 Å². The number of nitrogens with one attached hydrogen (secondary N) is 1. The first-order valence-electron chi connectivity index (χ1n) is 8.13. The van der Waals surface area contributed by atoms with Crippen molar-refractivity contribution in [1.82, 2.24) is 9.88 Å². The highest BCUT2D eigenvalue weighted by molar-refractivity contribution is 7.13. The second kappa shape index (κ2) is 8.37.